The summed E-state index contributed by atoms with van der Waals surface area (Å²) in [5.74, 6) is 1.20. The van der Waals surface area contributed by atoms with Gasteiger partial charge in [-0.15, -0.1) is 11.8 Å². The molecule has 1 aromatic rings. The first kappa shape index (κ1) is 12.9. The van der Waals surface area contributed by atoms with Crippen LogP contribution in [0, 0.1) is 12.8 Å². The number of thioether (sulfide) groups is 1. The number of ether oxygens (including phenoxy) is 1. The molecule has 1 saturated heterocycles. The van der Waals surface area contributed by atoms with E-state index in [0.29, 0.717) is 5.92 Å². The Balaban J connectivity index is 1.78. The van der Waals surface area contributed by atoms with Crippen LogP contribution >= 0.6 is 11.8 Å². The van der Waals surface area contributed by atoms with E-state index in [1.807, 2.05) is 0 Å². The fraction of sp³-hybridized carbons (Fsp3) is 0.571. The van der Waals surface area contributed by atoms with Gasteiger partial charge in [0.2, 0.25) is 0 Å². The number of hydrogen-bond acceptors (Lipinski definition) is 3. The molecule has 0 spiro atoms. The summed E-state index contributed by atoms with van der Waals surface area (Å²) >= 11 is 1.74. The van der Waals surface area contributed by atoms with Gasteiger partial charge in [0.1, 0.15) is 0 Å². The molecule has 0 amide bonds. The molecule has 94 valence electrons. The van der Waals surface area contributed by atoms with Crippen molar-refractivity contribution in [2.45, 2.75) is 30.8 Å². The molecule has 1 aromatic carbocycles. The number of aliphatic hydroxyl groups is 1. The minimum atomic E-state index is -0.204. The first-order valence-electron chi connectivity index (χ1n) is 6.21. The van der Waals surface area contributed by atoms with E-state index in [0.717, 1.165) is 31.8 Å². The zero-order valence-electron chi connectivity index (χ0n) is 10.3. The maximum absolute atomic E-state index is 10.1. The molecule has 3 heteroatoms. The predicted octanol–water partition coefficient (Wildman–Crippen LogP) is 2.87. The summed E-state index contributed by atoms with van der Waals surface area (Å²) in [6.07, 6.45) is 1.79. The van der Waals surface area contributed by atoms with Crippen molar-refractivity contribution >= 4 is 11.8 Å². The SMILES string of the molecule is Cc1ccc(SCC(O)C2CCOCC2)cc1. The third-order valence-electron chi connectivity index (χ3n) is 3.25. The number of aryl methyl sites for hydroxylation is 1. The maximum Gasteiger partial charge on any atom is 0.0663 e. The van der Waals surface area contributed by atoms with Gasteiger partial charge in [-0.25, -0.2) is 0 Å². The van der Waals surface area contributed by atoms with Crippen LogP contribution in [0.2, 0.25) is 0 Å². The summed E-state index contributed by atoms with van der Waals surface area (Å²) < 4.78 is 5.31. The third-order valence-corrected chi connectivity index (χ3v) is 4.37. The predicted molar refractivity (Wildman–Crippen MR) is 71.5 cm³/mol. The lowest BCUT2D eigenvalue weighted by molar-refractivity contribution is 0.0169. The Bertz CT molecular complexity index is 331. The van der Waals surface area contributed by atoms with Crippen LogP contribution < -0.4 is 0 Å². The van der Waals surface area contributed by atoms with E-state index in [9.17, 15) is 5.11 Å². The number of hydrogen-bond donors (Lipinski definition) is 1. The molecule has 1 fully saturated rings. The summed E-state index contributed by atoms with van der Waals surface area (Å²) in [5.41, 5.74) is 1.28. The number of rotatable bonds is 4. The molecule has 1 unspecified atom stereocenters. The van der Waals surface area contributed by atoms with Gasteiger partial charge in [0.25, 0.3) is 0 Å². The molecule has 1 N–H and O–H groups in total. The Morgan fingerprint density at radius 3 is 2.59 bits per heavy atom. The Morgan fingerprint density at radius 2 is 1.94 bits per heavy atom. The lowest BCUT2D eigenvalue weighted by atomic mass is 9.95. The zero-order chi connectivity index (χ0) is 12.1. The standard InChI is InChI=1S/C14H20O2S/c1-11-2-4-13(5-3-11)17-10-14(15)12-6-8-16-9-7-12/h2-5,12,14-15H,6-10H2,1H3. The average Bonchev–Trinajstić information content (AvgIpc) is 2.39. The van der Waals surface area contributed by atoms with Gasteiger partial charge in [0, 0.05) is 23.9 Å². The molecule has 0 bridgehead atoms. The first-order chi connectivity index (χ1) is 8.25. The van der Waals surface area contributed by atoms with Crippen molar-refractivity contribution in [3.63, 3.8) is 0 Å². The molecule has 17 heavy (non-hydrogen) atoms. The van der Waals surface area contributed by atoms with Gasteiger partial charge >= 0.3 is 0 Å². The fourth-order valence-electron chi connectivity index (χ4n) is 2.05. The van der Waals surface area contributed by atoms with E-state index < -0.39 is 0 Å². The van der Waals surface area contributed by atoms with Crippen molar-refractivity contribution in [3.8, 4) is 0 Å². The van der Waals surface area contributed by atoms with E-state index >= 15 is 0 Å². The van der Waals surface area contributed by atoms with E-state index in [2.05, 4.69) is 31.2 Å². The van der Waals surface area contributed by atoms with E-state index in [-0.39, 0.29) is 6.10 Å². The monoisotopic (exact) mass is 252 g/mol. The van der Waals surface area contributed by atoms with Crippen LogP contribution in [-0.4, -0.2) is 30.2 Å². The average molecular weight is 252 g/mol. The largest absolute Gasteiger partial charge is 0.392 e. The van der Waals surface area contributed by atoms with Crippen molar-refractivity contribution in [1.82, 2.24) is 0 Å². The smallest absolute Gasteiger partial charge is 0.0663 e. The lowest BCUT2D eigenvalue weighted by Crippen LogP contribution is -2.28. The van der Waals surface area contributed by atoms with Crippen molar-refractivity contribution < 1.29 is 9.84 Å². The van der Waals surface area contributed by atoms with Crippen LogP contribution in [0.3, 0.4) is 0 Å². The van der Waals surface area contributed by atoms with E-state index in [1.165, 1.54) is 10.5 Å². The first-order valence-corrected chi connectivity index (χ1v) is 7.19. The van der Waals surface area contributed by atoms with Gasteiger partial charge in [0.05, 0.1) is 6.10 Å². The second-order valence-corrected chi connectivity index (χ2v) is 5.73. The molecule has 0 saturated carbocycles. The molecule has 2 rings (SSSR count). The zero-order valence-corrected chi connectivity index (χ0v) is 11.1. The van der Waals surface area contributed by atoms with Crippen molar-refractivity contribution in [3.05, 3.63) is 29.8 Å². The second kappa shape index (κ2) is 6.43. The molecule has 0 aromatic heterocycles. The molecule has 1 aliphatic rings. The van der Waals surface area contributed by atoms with Crippen LogP contribution in [-0.2, 0) is 4.74 Å². The highest BCUT2D eigenvalue weighted by atomic mass is 32.2. The van der Waals surface area contributed by atoms with Gasteiger partial charge in [0.15, 0.2) is 0 Å². The molecule has 1 aliphatic heterocycles. The maximum atomic E-state index is 10.1. The molecular weight excluding hydrogens is 232 g/mol. The Kier molecular flexibility index (Phi) is 4.89. The summed E-state index contributed by atoms with van der Waals surface area (Å²) in [6, 6.07) is 8.47. The van der Waals surface area contributed by atoms with Crippen molar-refractivity contribution in [1.29, 1.82) is 0 Å². The highest BCUT2D eigenvalue weighted by Crippen LogP contribution is 2.25. The second-order valence-electron chi connectivity index (χ2n) is 4.64. The van der Waals surface area contributed by atoms with Crippen molar-refractivity contribution in [2.75, 3.05) is 19.0 Å². The van der Waals surface area contributed by atoms with Gasteiger partial charge in [-0.1, -0.05) is 17.7 Å². The molecular formula is C14H20O2S. The van der Waals surface area contributed by atoms with Gasteiger partial charge in [-0.3, -0.25) is 0 Å². The normalized spacial score (nSPS) is 19.2. The van der Waals surface area contributed by atoms with Gasteiger partial charge < -0.3 is 9.84 Å². The Hall–Kier alpha value is -0.510. The molecule has 0 radical (unpaired) electrons. The van der Waals surface area contributed by atoms with Crippen LogP contribution in [0.25, 0.3) is 0 Å². The number of benzene rings is 1. The highest BCUT2D eigenvalue weighted by molar-refractivity contribution is 7.99. The van der Waals surface area contributed by atoms with Crippen LogP contribution in [0.15, 0.2) is 29.2 Å². The lowest BCUT2D eigenvalue weighted by Gasteiger charge is -2.26. The summed E-state index contributed by atoms with van der Waals surface area (Å²) in [5, 5.41) is 10.1. The molecule has 1 atom stereocenters. The topological polar surface area (TPSA) is 29.5 Å². The summed E-state index contributed by atoms with van der Waals surface area (Å²) in [6.45, 7) is 3.69. The summed E-state index contributed by atoms with van der Waals surface area (Å²) in [4.78, 5) is 1.24. The van der Waals surface area contributed by atoms with Gasteiger partial charge in [-0.05, 0) is 37.8 Å². The van der Waals surface area contributed by atoms with E-state index in [1.54, 1.807) is 11.8 Å². The van der Waals surface area contributed by atoms with Crippen molar-refractivity contribution in [2.24, 2.45) is 5.92 Å². The van der Waals surface area contributed by atoms with Crippen LogP contribution in [0.4, 0.5) is 0 Å². The highest BCUT2D eigenvalue weighted by Gasteiger charge is 2.21. The van der Waals surface area contributed by atoms with Crippen LogP contribution in [0.5, 0.6) is 0 Å². The summed E-state index contributed by atoms with van der Waals surface area (Å²) in [7, 11) is 0. The van der Waals surface area contributed by atoms with E-state index in [4.69, 9.17) is 4.74 Å². The molecule has 2 nitrogen and oxygen atoms in total. The number of aliphatic hydroxyl groups excluding tert-OH is 1. The molecule has 0 aliphatic carbocycles. The quantitative estimate of drug-likeness (QED) is 0.836. The van der Waals surface area contributed by atoms with Crippen LogP contribution in [0.1, 0.15) is 18.4 Å². The molecule has 1 heterocycles. The van der Waals surface area contributed by atoms with Gasteiger partial charge in [-0.2, -0.15) is 0 Å². The minimum absolute atomic E-state index is 0.204. The Labute approximate surface area is 107 Å². The third kappa shape index (κ3) is 4.02. The Morgan fingerprint density at radius 1 is 1.29 bits per heavy atom. The fourth-order valence-corrected chi connectivity index (χ4v) is 3.02. The minimum Gasteiger partial charge on any atom is -0.392 e.